The van der Waals surface area contributed by atoms with E-state index in [2.05, 4.69) is 20.2 Å². The number of amides is 1. The van der Waals surface area contributed by atoms with Crippen LogP contribution in [0.4, 0.5) is 5.69 Å². The Kier molecular flexibility index (Phi) is 3.79. The van der Waals surface area contributed by atoms with Crippen LogP contribution in [0.3, 0.4) is 0 Å². The molecule has 6 heteroatoms. The third-order valence-corrected chi connectivity index (χ3v) is 2.81. The predicted molar refractivity (Wildman–Crippen MR) is 67.1 cm³/mol. The van der Waals surface area contributed by atoms with Crippen molar-refractivity contribution in [1.82, 2.24) is 14.9 Å². The van der Waals surface area contributed by atoms with Gasteiger partial charge in [0.2, 0.25) is 0 Å². The fraction of sp³-hybridized carbons (Fsp3) is 0.182. The van der Waals surface area contributed by atoms with E-state index in [4.69, 9.17) is 0 Å². The lowest BCUT2D eigenvalue weighted by Gasteiger charge is -2.05. The summed E-state index contributed by atoms with van der Waals surface area (Å²) >= 11 is 1.08. The lowest BCUT2D eigenvalue weighted by Crippen LogP contribution is -2.11. The number of anilines is 1. The van der Waals surface area contributed by atoms with Crippen LogP contribution in [0.15, 0.2) is 30.5 Å². The molecule has 1 heterocycles. The number of benzene rings is 1. The normalized spacial score (nSPS) is 10.2. The predicted octanol–water partition coefficient (Wildman–Crippen LogP) is 1.51. The van der Waals surface area contributed by atoms with E-state index in [1.54, 1.807) is 0 Å². The number of hydrogen-bond acceptors (Lipinski definition) is 5. The second-order valence-electron chi connectivity index (χ2n) is 3.47. The SMILES string of the molecule is CNCc1cccc(NC(=O)c2cnns2)c1. The number of aromatic nitrogens is 2. The van der Waals surface area contributed by atoms with Crippen molar-refractivity contribution >= 4 is 23.1 Å². The first kappa shape index (κ1) is 11.7. The fourth-order valence-corrected chi connectivity index (χ4v) is 1.83. The highest BCUT2D eigenvalue weighted by molar-refractivity contribution is 7.07. The van der Waals surface area contributed by atoms with Crippen molar-refractivity contribution in [2.75, 3.05) is 12.4 Å². The largest absolute Gasteiger partial charge is 0.321 e. The molecule has 0 atom stereocenters. The molecule has 0 saturated heterocycles. The van der Waals surface area contributed by atoms with Crippen LogP contribution in [0.1, 0.15) is 15.2 Å². The molecule has 1 amide bonds. The Labute approximate surface area is 103 Å². The minimum atomic E-state index is -0.179. The molecule has 0 spiro atoms. The van der Waals surface area contributed by atoms with E-state index >= 15 is 0 Å². The molecule has 0 aliphatic carbocycles. The van der Waals surface area contributed by atoms with Gasteiger partial charge in [0.25, 0.3) is 5.91 Å². The minimum Gasteiger partial charge on any atom is -0.321 e. The molecule has 88 valence electrons. The Morgan fingerprint density at radius 3 is 3.06 bits per heavy atom. The van der Waals surface area contributed by atoms with Crippen LogP contribution in [0.5, 0.6) is 0 Å². The maximum atomic E-state index is 11.7. The van der Waals surface area contributed by atoms with E-state index in [1.165, 1.54) is 6.20 Å². The van der Waals surface area contributed by atoms with Crippen LogP contribution < -0.4 is 10.6 Å². The van der Waals surface area contributed by atoms with Gasteiger partial charge in [-0.05, 0) is 36.3 Å². The van der Waals surface area contributed by atoms with Crippen molar-refractivity contribution in [3.8, 4) is 0 Å². The van der Waals surface area contributed by atoms with E-state index in [0.29, 0.717) is 4.88 Å². The highest BCUT2D eigenvalue weighted by atomic mass is 32.1. The van der Waals surface area contributed by atoms with Gasteiger partial charge in [-0.25, -0.2) is 0 Å². The Bertz CT molecular complexity index is 498. The Hall–Kier alpha value is -1.79. The first-order chi connectivity index (χ1) is 8.29. The number of nitrogens with zero attached hydrogens (tertiary/aromatic N) is 2. The summed E-state index contributed by atoms with van der Waals surface area (Å²) in [6, 6.07) is 7.70. The van der Waals surface area contributed by atoms with Gasteiger partial charge in [0, 0.05) is 12.2 Å². The highest BCUT2D eigenvalue weighted by Crippen LogP contribution is 2.13. The Morgan fingerprint density at radius 2 is 2.35 bits per heavy atom. The summed E-state index contributed by atoms with van der Waals surface area (Å²) in [6.07, 6.45) is 1.46. The molecule has 2 rings (SSSR count). The van der Waals surface area contributed by atoms with Crippen molar-refractivity contribution in [3.05, 3.63) is 40.9 Å². The van der Waals surface area contributed by atoms with Gasteiger partial charge in [0.15, 0.2) is 0 Å². The molecule has 0 radical (unpaired) electrons. The molecule has 2 N–H and O–H groups in total. The summed E-state index contributed by atoms with van der Waals surface area (Å²) < 4.78 is 3.65. The summed E-state index contributed by atoms with van der Waals surface area (Å²) in [5, 5.41) is 9.50. The highest BCUT2D eigenvalue weighted by Gasteiger charge is 2.08. The molecule has 1 aromatic carbocycles. The van der Waals surface area contributed by atoms with Gasteiger partial charge in [-0.3, -0.25) is 4.79 Å². The van der Waals surface area contributed by atoms with Gasteiger partial charge in [-0.1, -0.05) is 16.6 Å². The maximum Gasteiger partial charge on any atom is 0.269 e. The second kappa shape index (κ2) is 5.51. The Balaban J connectivity index is 2.08. The van der Waals surface area contributed by atoms with Gasteiger partial charge in [-0.2, -0.15) is 0 Å². The summed E-state index contributed by atoms with van der Waals surface area (Å²) in [7, 11) is 1.88. The number of carbonyl (C=O) groups is 1. The molecule has 1 aromatic heterocycles. The smallest absolute Gasteiger partial charge is 0.269 e. The van der Waals surface area contributed by atoms with E-state index in [-0.39, 0.29) is 5.91 Å². The number of hydrogen-bond donors (Lipinski definition) is 2. The van der Waals surface area contributed by atoms with Crippen LogP contribution in [-0.2, 0) is 6.54 Å². The van der Waals surface area contributed by atoms with Gasteiger partial charge in [0.1, 0.15) is 4.88 Å². The van der Waals surface area contributed by atoms with Crippen LogP contribution in [0.25, 0.3) is 0 Å². The van der Waals surface area contributed by atoms with Crippen molar-refractivity contribution in [2.45, 2.75) is 6.54 Å². The summed E-state index contributed by atoms with van der Waals surface area (Å²) in [4.78, 5) is 12.3. The van der Waals surface area contributed by atoms with E-state index in [9.17, 15) is 4.79 Å². The average Bonchev–Trinajstić information content (AvgIpc) is 2.83. The summed E-state index contributed by atoms with van der Waals surface area (Å²) in [5.74, 6) is -0.179. The molecule has 2 aromatic rings. The van der Waals surface area contributed by atoms with Crippen LogP contribution >= 0.6 is 11.5 Å². The van der Waals surface area contributed by atoms with Crippen LogP contribution in [0, 0.1) is 0 Å². The molecule has 0 aliphatic heterocycles. The summed E-state index contributed by atoms with van der Waals surface area (Å²) in [6.45, 7) is 0.770. The molecule has 0 fully saturated rings. The topological polar surface area (TPSA) is 66.9 Å². The third-order valence-electron chi connectivity index (χ3n) is 2.15. The van der Waals surface area contributed by atoms with Gasteiger partial charge < -0.3 is 10.6 Å². The van der Waals surface area contributed by atoms with Crippen molar-refractivity contribution in [3.63, 3.8) is 0 Å². The van der Waals surface area contributed by atoms with E-state index in [1.807, 2.05) is 31.3 Å². The minimum absolute atomic E-state index is 0.179. The lowest BCUT2D eigenvalue weighted by molar-refractivity contribution is 0.103. The van der Waals surface area contributed by atoms with Crippen molar-refractivity contribution < 1.29 is 4.79 Å². The zero-order chi connectivity index (χ0) is 12.1. The lowest BCUT2D eigenvalue weighted by atomic mass is 10.2. The van der Waals surface area contributed by atoms with Crippen molar-refractivity contribution in [2.24, 2.45) is 0 Å². The zero-order valence-electron chi connectivity index (χ0n) is 9.30. The van der Waals surface area contributed by atoms with E-state index < -0.39 is 0 Å². The molecule has 0 bridgehead atoms. The monoisotopic (exact) mass is 248 g/mol. The molecule has 5 nitrogen and oxygen atoms in total. The third kappa shape index (κ3) is 3.08. The molecular weight excluding hydrogens is 236 g/mol. The molecule has 17 heavy (non-hydrogen) atoms. The van der Waals surface area contributed by atoms with Gasteiger partial charge >= 0.3 is 0 Å². The fourth-order valence-electron chi connectivity index (χ4n) is 1.42. The first-order valence-electron chi connectivity index (χ1n) is 5.12. The van der Waals surface area contributed by atoms with Crippen LogP contribution in [0.2, 0.25) is 0 Å². The number of carbonyl (C=O) groups excluding carboxylic acids is 1. The molecular formula is C11H12N4OS. The Morgan fingerprint density at radius 1 is 1.47 bits per heavy atom. The number of nitrogens with one attached hydrogen (secondary N) is 2. The first-order valence-corrected chi connectivity index (χ1v) is 5.89. The zero-order valence-corrected chi connectivity index (χ0v) is 10.1. The summed E-state index contributed by atoms with van der Waals surface area (Å²) in [5.41, 5.74) is 1.89. The standard InChI is InChI=1S/C11H12N4OS/c1-12-6-8-3-2-4-9(5-8)14-11(16)10-7-13-15-17-10/h2-5,7,12H,6H2,1H3,(H,14,16). The molecule has 0 aliphatic rings. The number of rotatable bonds is 4. The molecule has 0 unspecified atom stereocenters. The molecule has 0 saturated carbocycles. The van der Waals surface area contributed by atoms with Crippen LogP contribution in [-0.4, -0.2) is 22.5 Å². The van der Waals surface area contributed by atoms with E-state index in [0.717, 1.165) is 29.3 Å². The van der Waals surface area contributed by atoms with Crippen molar-refractivity contribution in [1.29, 1.82) is 0 Å². The quantitative estimate of drug-likeness (QED) is 0.860. The van der Waals surface area contributed by atoms with Gasteiger partial charge in [0.05, 0.1) is 6.20 Å². The second-order valence-corrected chi connectivity index (χ2v) is 4.25. The average molecular weight is 248 g/mol. The van der Waals surface area contributed by atoms with Gasteiger partial charge in [-0.15, -0.1) is 5.10 Å². The maximum absolute atomic E-state index is 11.7.